The first-order valence-corrected chi connectivity index (χ1v) is 5.85. The summed E-state index contributed by atoms with van der Waals surface area (Å²) in [6, 6.07) is 4.17. The Labute approximate surface area is 108 Å². The molecule has 2 unspecified atom stereocenters. The minimum absolute atomic E-state index is 0.0219. The van der Waals surface area contributed by atoms with Crippen molar-refractivity contribution in [1.29, 1.82) is 0 Å². The molecule has 0 saturated heterocycles. The third-order valence-electron chi connectivity index (χ3n) is 3.10. The van der Waals surface area contributed by atoms with Crippen molar-refractivity contribution >= 4 is 5.97 Å². The maximum absolute atomic E-state index is 12.9. The third-order valence-corrected chi connectivity index (χ3v) is 3.10. The fourth-order valence-electron chi connectivity index (χ4n) is 2.26. The Kier molecular flexibility index (Phi) is 3.43. The van der Waals surface area contributed by atoms with Gasteiger partial charge < -0.3 is 9.84 Å². The predicted molar refractivity (Wildman–Crippen MR) is 61.3 cm³/mol. The summed E-state index contributed by atoms with van der Waals surface area (Å²) in [5.74, 6) is -2.87. The van der Waals surface area contributed by atoms with Gasteiger partial charge in [-0.2, -0.15) is 13.2 Å². The molecule has 1 aromatic carbocycles. The van der Waals surface area contributed by atoms with Crippen molar-refractivity contribution in [2.45, 2.75) is 38.0 Å². The maximum Gasteiger partial charge on any atom is 0.396 e. The molecule has 0 spiro atoms. The first-order valence-electron chi connectivity index (χ1n) is 5.85. The molecule has 19 heavy (non-hydrogen) atoms. The zero-order valence-electron chi connectivity index (χ0n) is 10.2. The molecule has 1 heterocycles. The molecule has 0 bridgehead atoms. The molecule has 6 heteroatoms. The number of hydrogen-bond donors (Lipinski definition) is 1. The summed E-state index contributed by atoms with van der Waals surface area (Å²) < 4.78 is 44.1. The van der Waals surface area contributed by atoms with Gasteiger partial charge in [-0.3, -0.25) is 4.79 Å². The summed E-state index contributed by atoms with van der Waals surface area (Å²) in [4.78, 5) is 10.6. The average Bonchev–Trinajstić information content (AvgIpc) is 2.63. The highest BCUT2D eigenvalue weighted by Gasteiger charge is 2.42. The molecular weight excluding hydrogens is 261 g/mol. The molecule has 1 aliphatic heterocycles. The minimum Gasteiger partial charge on any atom is -0.490 e. The van der Waals surface area contributed by atoms with E-state index in [-0.39, 0.29) is 11.7 Å². The van der Waals surface area contributed by atoms with Crippen molar-refractivity contribution in [3.63, 3.8) is 0 Å². The molecule has 0 radical (unpaired) electrons. The summed E-state index contributed by atoms with van der Waals surface area (Å²) in [6.07, 6.45) is -5.05. The lowest BCUT2D eigenvalue weighted by Gasteiger charge is -2.19. The first kappa shape index (κ1) is 13.7. The van der Waals surface area contributed by atoms with Gasteiger partial charge in [-0.1, -0.05) is 12.1 Å². The fourth-order valence-corrected chi connectivity index (χ4v) is 2.26. The van der Waals surface area contributed by atoms with Crippen molar-refractivity contribution in [2.24, 2.45) is 0 Å². The highest BCUT2D eigenvalue weighted by molar-refractivity contribution is 5.68. The van der Waals surface area contributed by atoms with Gasteiger partial charge in [0.1, 0.15) is 11.9 Å². The average molecular weight is 274 g/mol. The Hall–Kier alpha value is -1.72. The lowest BCUT2D eigenvalue weighted by Crippen LogP contribution is -2.23. The molecule has 2 atom stereocenters. The molecule has 0 fully saturated rings. The number of carbonyl (C=O) groups is 1. The molecule has 0 amide bonds. The molecule has 104 valence electrons. The van der Waals surface area contributed by atoms with Crippen LogP contribution in [0.4, 0.5) is 13.2 Å². The predicted octanol–water partition coefficient (Wildman–Crippen LogP) is 3.13. The number of alkyl halides is 3. The smallest absolute Gasteiger partial charge is 0.396 e. The second kappa shape index (κ2) is 4.75. The van der Waals surface area contributed by atoms with Crippen LogP contribution in [0.15, 0.2) is 18.2 Å². The second-order valence-electron chi connectivity index (χ2n) is 4.69. The van der Waals surface area contributed by atoms with Crippen LogP contribution >= 0.6 is 0 Å². The topological polar surface area (TPSA) is 46.5 Å². The van der Waals surface area contributed by atoms with Gasteiger partial charge in [0.15, 0.2) is 0 Å². The van der Waals surface area contributed by atoms with Gasteiger partial charge in [0, 0.05) is 6.42 Å². The van der Waals surface area contributed by atoms with Gasteiger partial charge in [-0.05, 0) is 24.1 Å². The highest BCUT2D eigenvalue weighted by Crippen LogP contribution is 2.40. The quantitative estimate of drug-likeness (QED) is 0.921. The van der Waals surface area contributed by atoms with E-state index < -0.39 is 24.5 Å². The normalized spacial score (nSPS) is 19.7. The third kappa shape index (κ3) is 3.00. The van der Waals surface area contributed by atoms with Gasteiger partial charge in [-0.25, -0.2) is 0 Å². The number of rotatable bonds is 3. The van der Waals surface area contributed by atoms with Crippen molar-refractivity contribution in [2.75, 3.05) is 0 Å². The van der Waals surface area contributed by atoms with Crippen molar-refractivity contribution < 1.29 is 27.8 Å². The van der Waals surface area contributed by atoms with E-state index in [2.05, 4.69) is 0 Å². The minimum atomic E-state index is -4.57. The van der Waals surface area contributed by atoms with Crippen molar-refractivity contribution in [3.05, 3.63) is 29.3 Å². The van der Waals surface area contributed by atoms with Crippen molar-refractivity contribution in [1.82, 2.24) is 0 Å². The Morgan fingerprint density at radius 3 is 2.79 bits per heavy atom. The lowest BCUT2D eigenvalue weighted by atomic mass is 9.93. The van der Waals surface area contributed by atoms with E-state index >= 15 is 0 Å². The zero-order valence-corrected chi connectivity index (χ0v) is 10.2. The molecule has 0 aliphatic carbocycles. The molecule has 3 nitrogen and oxygen atoms in total. The highest BCUT2D eigenvalue weighted by atomic mass is 19.4. The van der Waals surface area contributed by atoms with Crippen LogP contribution in [0.1, 0.15) is 30.4 Å². The van der Waals surface area contributed by atoms with Crippen molar-refractivity contribution in [3.8, 4) is 5.75 Å². The van der Waals surface area contributed by atoms with E-state index in [1.807, 2.05) is 6.92 Å². The van der Waals surface area contributed by atoms with E-state index in [1.54, 1.807) is 0 Å². The van der Waals surface area contributed by atoms with Gasteiger partial charge in [0.05, 0.1) is 12.3 Å². The molecule has 1 N–H and O–H groups in total. The van der Waals surface area contributed by atoms with E-state index in [1.165, 1.54) is 18.2 Å². The van der Waals surface area contributed by atoms with Gasteiger partial charge in [0.25, 0.3) is 0 Å². The van der Waals surface area contributed by atoms with Crippen LogP contribution in [0.5, 0.6) is 5.75 Å². The molecule has 2 rings (SSSR count). The van der Waals surface area contributed by atoms with Crippen LogP contribution in [0.3, 0.4) is 0 Å². The number of carboxylic acids is 1. The summed E-state index contributed by atoms with van der Waals surface area (Å²) in [5, 5.41) is 8.62. The van der Waals surface area contributed by atoms with E-state index in [4.69, 9.17) is 9.84 Å². The number of hydrogen-bond acceptors (Lipinski definition) is 2. The van der Waals surface area contributed by atoms with Gasteiger partial charge >= 0.3 is 12.1 Å². The largest absolute Gasteiger partial charge is 0.490 e. The van der Waals surface area contributed by atoms with E-state index in [0.717, 1.165) is 0 Å². The van der Waals surface area contributed by atoms with Gasteiger partial charge in [0.2, 0.25) is 0 Å². The summed E-state index contributed by atoms with van der Waals surface area (Å²) >= 11 is 0. The lowest BCUT2D eigenvalue weighted by molar-refractivity contribution is -0.163. The maximum atomic E-state index is 12.9. The molecule has 0 saturated carbocycles. The van der Waals surface area contributed by atoms with E-state index in [9.17, 15) is 18.0 Å². The standard InChI is InChI=1S/C13H13F3O3/c1-7-4-9-5-8(2-3-11(9)19-7)10(6-12(17)18)13(14,15)16/h2-3,5,7,10H,4,6H2,1H3,(H,17,18). The SMILES string of the molecule is CC1Cc2cc(C(CC(=O)O)C(F)(F)F)ccc2O1. The summed E-state index contributed by atoms with van der Waals surface area (Å²) in [7, 11) is 0. The number of carboxylic acid groups (broad SMARTS) is 1. The zero-order chi connectivity index (χ0) is 14.2. The number of benzene rings is 1. The van der Waals surface area contributed by atoms with Gasteiger partial charge in [-0.15, -0.1) is 0 Å². The Morgan fingerprint density at radius 2 is 2.21 bits per heavy atom. The van der Waals surface area contributed by atoms with Crippen LogP contribution in [0, 0.1) is 0 Å². The Bertz CT molecular complexity index is 496. The Morgan fingerprint density at radius 1 is 1.53 bits per heavy atom. The molecule has 0 aromatic heterocycles. The van der Waals surface area contributed by atoms with Crippen LogP contribution in [0.2, 0.25) is 0 Å². The number of ether oxygens (including phenoxy) is 1. The molecule has 1 aromatic rings. The van der Waals surface area contributed by atoms with Crippen LogP contribution in [-0.2, 0) is 11.2 Å². The van der Waals surface area contributed by atoms with Crippen LogP contribution in [-0.4, -0.2) is 23.4 Å². The number of aliphatic carboxylic acids is 1. The first-order chi connectivity index (χ1) is 8.77. The summed E-state index contributed by atoms with van der Waals surface area (Å²) in [5.41, 5.74) is 0.677. The van der Waals surface area contributed by atoms with Crippen LogP contribution < -0.4 is 4.74 Å². The Balaban J connectivity index is 2.33. The van der Waals surface area contributed by atoms with E-state index in [0.29, 0.717) is 17.7 Å². The molecule has 1 aliphatic rings. The number of halogens is 3. The second-order valence-corrected chi connectivity index (χ2v) is 4.69. The monoisotopic (exact) mass is 274 g/mol. The number of fused-ring (bicyclic) bond motifs is 1. The fraction of sp³-hybridized carbons (Fsp3) is 0.462. The van der Waals surface area contributed by atoms with Crippen LogP contribution in [0.25, 0.3) is 0 Å². The summed E-state index contributed by atoms with van der Waals surface area (Å²) in [6.45, 7) is 1.83. The molecular formula is C13H13F3O3.